The van der Waals surface area contributed by atoms with E-state index in [0.29, 0.717) is 23.3 Å². The highest BCUT2D eigenvalue weighted by Crippen LogP contribution is 2.36. The van der Waals surface area contributed by atoms with Gasteiger partial charge in [0.2, 0.25) is 5.91 Å². The molecule has 1 unspecified atom stereocenters. The minimum Gasteiger partial charge on any atom is -0.342 e. The minimum absolute atomic E-state index is 0.0808. The smallest absolute Gasteiger partial charge is 0.240 e. The summed E-state index contributed by atoms with van der Waals surface area (Å²) in [6.45, 7) is 5.34. The second-order valence-corrected chi connectivity index (χ2v) is 7.80. The van der Waals surface area contributed by atoms with Gasteiger partial charge in [0.15, 0.2) is 11.0 Å². The molecule has 2 aromatic carbocycles. The van der Waals surface area contributed by atoms with E-state index in [1.807, 2.05) is 85.0 Å². The first-order valence-electron chi connectivity index (χ1n) is 9.20. The summed E-state index contributed by atoms with van der Waals surface area (Å²) < 4.78 is 1.92. The Kier molecular flexibility index (Phi) is 6.75. The molecule has 1 atom stereocenters. The molecule has 0 fully saturated rings. The molecule has 3 aromatic rings. The molecule has 1 amide bonds. The molecule has 0 bridgehead atoms. The van der Waals surface area contributed by atoms with Crippen LogP contribution in [0, 0.1) is 0 Å². The first-order chi connectivity index (χ1) is 13.5. The van der Waals surface area contributed by atoms with Gasteiger partial charge in [0, 0.05) is 30.7 Å². The fraction of sp³-hybridized carbons (Fsp3) is 0.286. The molecule has 5 nitrogen and oxygen atoms in total. The van der Waals surface area contributed by atoms with E-state index in [4.69, 9.17) is 11.6 Å². The van der Waals surface area contributed by atoms with E-state index in [2.05, 4.69) is 10.2 Å². The average Bonchev–Trinajstić information content (AvgIpc) is 3.08. The van der Waals surface area contributed by atoms with Crippen molar-refractivity contribution in [2.24, 2.45) is 7.05 Å². The molecule has 0 aliphatic carbocycles. The van der Waals surface area contributed by atoms with Gasteiger partial charge >= 0.3 is 0 Å². The number of carbonyl (C=O) groups excluding carboxylic acids is 1. The predicted octanol–water partition coefficient (Wildman–Crippen LogP) is 4.84. The molecular weight excluding hydrogens is 392 g/mol. The summed E-state index contributed by atoms with van der Waals surface area (Å²) in [4.78, 5) is 15.0. The molecule has 0 radical (unpaired) electrons. The highest BCUT2D eigenvalue weighted by molar-refractivity contribution is 8.00. The first kappa shape index (κ1) is 20.4. The molecular formula is C21H23ClN4OS. The number of hydrogen-bond donors (Lipinski definition) is 0. The van der Waals surface area contributed by atoms with Gasteiger partial charge in [0.1, 0.15) is 5.25 Å². The number of hydrogen-bond acceptors (Lipinski definition) is 4. The summed E-state index contributed by atoms with van der Waals surface area (Å²) in [5, 5.41) is 9.67. The van der Waals surface area contributed by atoms with Crippen LogP contribution < -0.4 is 0 Å². The topological polar surface area (TPSA) is 51.0 Å². The van der Waals surface area contributed by atoms with Crippen molar-refractivity contribution < 1.29 is 4.79 Å². The summed E-state index contributed by atoms with van der Waals surface area (Å²) in [5.41, 5.74) is 1.89. The molecule has 0 N–H and O–H groups in total. The number of amides is 1. The molecule has 1 heterocycles. The Hall–Kier alpha value is -2.31. The summed E-state index contributed by atoms with van der Waals surface area (Å²) in [7, 11) is 1.91. The number of thioether (sulfide) groups is 1. The van der Waals surface area contributed by atoms with Crippen LogP contribution in [0.15, 0.2) is 59.8 Å². The third kappa shape index (κ3) is 4.39. The zero-order valence-corrected chi connectivity index (χ0v) is 17.7. The molecule has 7 heteroatoms. The molecule has 0 spiro atoms. The Labute approximate surface area is 174 Å². The molecule has 0 saturated heterocycles. The highest BCUT2D eigenvalue weighted by atomic mass is 35.5. The Bertz CT molecular complexity index is 923. The van der Waals surface area contributed by atoms with Gasteiger partial charge in [0.05, 0.1) is 0 Å². The van der Waals surface area contributed by atoms with Gasteiger partial charge in [-0.2, -0.15) is 0 Å². The van der Waals surface area contributed by atoms with E-state index in [0.717, 1.165) is 17.0 Å². The summed E-state index contributed by atoms with van der Waals surface area (Å²) in [5.74, 6) is 0.818. The number of likely N-dealkylation sites (N-methyl/N-ethyl adjacent to an activating group) is 1. The van der Waals surface area contributed by atoms with Crippen LogP contribution in [0.1, 0.15) is 24.7 Å². The van der Waals surface area contributed by atoms with E-state index in [9.17, 15) is 4.79 Å². The Morgan fingerprint density at radius 3 is 2.32 bits per heavy atom. The fourth-order valence-corrected chi connectivity index (χ4v) is 4.18. The Morgan fingerprint density at radius 2 is 1.71 bits per heavy atom. The second kappa shape index (κ2) is 9.26. The van der Waals surface area contributed by atoms with Crippen LogP contribution in [0.25, 0.3) is 11.4 Å². The lowest BCUT2D eigenvalue weighted by molar-refractivity contribution is -0.130. The van der Waals surface area contributed by atoms with Gasteiger partial charge in [-0.05, 0) is 43.7 Å². The van der Waals surface area contributed by atoms with Crippen LogP contribution in [-0.4, -0.2) is 38.7 Å². The number of halogens is 1. The number of carbonyl (C=O) groups is 1. The van der Waals surface area contributed by atoms with E-state index in [1.54, 1.807) is 0 Å². The van der Waals surface area contributed by atoms with Crippen molar-refractivity contribution in [3.8, 4) is 11.4 Å². The van der Waals surface area contributed by atoms with Crippen LogP contribution in [-0.2, 0) is 11.8 Å². The lowest BCUT2D eigenvalue weighted by Gasteiger charge is -2.24. The first-order valence-corrected chi connectivity index (χ1v) is 10.5. The van der Waals surface area contributed by atoms with Crippen LogP contribution >= 0.6 is 23.4 Å². The van der Waals surface area contributed by atoms with Gasteiger partial charge < -0.3 is 9.47 Å². The van der Waals surface area contributed by atoms with Crippen molar-refractivity contribution in [3.05, 3.63) is 65.2 Å². The van der Waals surface area contributed by atoms with E-state index in [1.165, 1.54) is 11.8 Å². The standard InChI is InChI=1S/C21H23ClN4OS/c1-4-26(5-2)20(27)18(15-9-7-6-8-10-15)28-21-24-23-19(25(21)3)16-11-13-17(22)14-12-16/h6-14,18H,4-5H2,1-3H3. The lowest BCUT2D eigenvalue weighted by Crippen LogP contribution is -2.34. The van der Waals surface area contributed by atoms with Crippen LogP contribution in [0.5, 0.6) is 0 Å². The van der Waals surface area contributed by atoms with E-state index < -0.39 is 0 Å². The van der Waals surface area contributed by atoms with Crippen LogP contribution in [0.3, 0.4) is 0 Å². The zero-order valence-electron chi connectivity index (χ0n) is 16.2. The average molecular weight is 415 g/mol. The van der Waals surface area contributed by atoms with Crippen molar-refractivity contribution in [2.75, 3.05) is 13.1 Å². The van der Waals surface area contributed by atoms with Crippen LogP contribution in [0.4, 0.5) is 0 Å². The van der Waals surface area contributed by atoms with E-state index >= 15 is 0 Å². The third-order valence-electron chi connectivity index (χ3n) is 4.56. The predicted molar refractivity (Wildman–Crippen MR) is 114 cm³/mol. The maximum Gasteiger partial charge on any atom is 0.240 e. The van der Waals surface area contributed by atoms with Crippen molar-refractivity contribution in [2.45, 2.75) is 24.3 Å². The molecule has 28 heavy (non-hydrogen) atoms. The summed E-state index contributed by atoms with van der Waals surface area (Å²) in [6, 6.07) is 17.3. The Balaban J connectivity index is 1.93. The van der Waals surface area contributed by atoms with Crippen LogP contribution in [0.2, 0.25) is 5.02 Å². The van der Waals surface area contributed by atoms with Crippen molar-refractivity contribution >= 4 is 29.3 Å². The van der Waals surface area contributed by atoms with Crippen molar-refractivity contribution in [3.63, 3.8) is 0 Å². The highest BCUT2D eigenvalue weighted by Gasteiger charge is 2.28. The maximum absolute atomic E-state index is 13.2. The van der Waals surface area contributed by atoms with E-state index in [-0.39, 0.29) is 11.2 Å². The molecule has 1 aromatic heterocycles. The van der Waals surface area contributed by atoms with Gasteiger partial charge in [-0.3, -0.25) is 4.79 Å². The number of nitrogens with zero attached hydrogens (tertiary/aromatic N) is 4. The minimum atomic E-state index is -0.373. The summed E-state index contributed by atoms with van der Waals surface area (Å²) in [6.07, 6.45) is 0. The Morgan fingerprint density at radius 1 is 1.07 bits per heavy atom. The lowest BCUT2D eigenvalue weighted by atomic mass is 10.1. The zero-order chi connectivity index (χ0) is 20.1. The quantitative estimate of drug-likeness (QED) is 0.519. The normalized spacial score (nSPS) is 12.0. The molecule has 146 valence electrons. The maximum atomic E-state index is 13.2. The van der Waals surface area contributed by atoms with Crippen molar-refractivity contribution in [1.82, 2.24) is 19.7 Å². The fourth-order valence-electron chi connectivity index (χ4n) is 2.96. The number of rotatable bonds is 7. The SMILES string of the molecule is CCN(CC)C(=O)C(Sc1nnc(-c2ccc(Cl)cc2)n1C)c1ccccc1. The monoisotopic (exact) mass is 414 g/mol. The molecule has 0 aliphatic heterocycles. The van der Waals surface area contributed by atoms with Gasteiger partial charge in [-0.15, -0.1) is 10.2 Å². The largest absolute Gasteiger partial charge is 0.342 e. The summed E-state index contributed by atoms with van der Waals surface area (Å²) >= 11 is 7.41. The molecule has 3 rings (SSSR count). The number of aromatic nitrogens is 3. The number of benzene rings is 2. The second-order valence-electron chi connectivity index (χ2n) is 6.29. The molecule has 0 aliphatic rings. The van der Waals surface area contributed by atoms with Gasteiger partial charge in [-0.1, -0.05) is 53.7 Å². The third-order valence-corrected chi connectivity index (χ3v) is 6.09. The molecule has 0 saturated carbocycles. The van der Waals surface area contributed by atoms with Crippen molar-refractivity contribution in [1.29, 1.82) is 0 Å². The van der Waals surface area contributed by atoms with Gasteiger partial charge in [-0.25, -0.2) is 0 Å². The van der Waals surface area contributed by atoms with Gasteiger partial charge in [0.25, 0.3) is 0 Å².